The molecule has 6 nitrogen and oxygen atoms in total. The number of nitrogen functional groups attached to an aromatic ring is 1. The largest absolute Gasteiger partial charge is 0.497 e. The number of benzene rings is 1. The summed E-state index contributed by atoms with van der Waals surface area (Å²) in [5.41, 5.74) is 7.02. The van der Waals surface area contributed by atoms with Gasteiger partial charge in [0.15, 0.2) is 5.76 Å². The molecule has 2 amide bonds. The predicted molar refractivity (Wildman–Crippen MR) is 73.3 cm³/mol. The first-order chi connectivity index (χ1) is 9.51. The molecule has 1 aromatic carbocycles. The lowest BCUT2D eigenvalue weighted by Gasteiger charge is -2.05. The van der Waals surface area contributed by atoms with Crippen LogP contribution in [0.2, 0.25) is 0 Å². The van der Waals surface area contributed by atoms with Crippen LogP contribution < -0.4 is 15.8 Å². The van der Waals surface area contributed by atoms with Gasteiger partial charge < -0.3 is 14.9 Å². The number of furan rings is 1. The molecule has 0 aliphatic rings. The number of hydrogen-bond acceptors (Lipinski definition) is 5. The molecule has 0 bridgehead atoms. The molecule has 2 aromatic rings. The number of methoxy groups -OCH3 is 1. The van der Waals surface area contributed by atoms with Crippen LogP contribution in [0.15, 0.2) is 34.7 Å². The summed E-state index contributed by atoms with van der Waals surface area (Å²) in [6.45, 7) is 1.25. The SMILES string of the molecule is COc1ccc(-c2ccc(C(=O)NC(C)=O)o2)c(N)c1. The molecule has 0 unspecified atom stereocenters. The van der Waals surface area contributed by atoms with Crippen LogP contribution in [-0.4, -0.2) is 18.9 Å². The van der Waals surface area contributed by atoms with Gasteiger partial charge >= 0.3 is 0 Å². The van der Waals surface area contributed by atoms with Crippen molar-refractivity contribution >= 4 is 17.5 Å². The lowest BCUT2D eigenvalue weighted by atomic mass is 10.1. The first-order valence-electron chi connectivity index (χ1n) is 5.87. The second-order valence-corrected chi connectivity index (χ2v) is 4.13. The number of rotatable bonds is 3. The van der Waals surface area contributed by atoms with Crippen molar-refractivity contribution in [2.24, 2.45) is 0 Å². The maximum atomic E-state index is 11.6. The van der Waals surface area contributed by atoms with Gasteiger partial charge in [-0.25, -0.2) is 0 Å². The van der Waals surface area contributed by atoms with Crippen LogP contribution in [0.25, 0.3) is 11.3 Å². The van der Waals surface area contributed by atoms with E-state index in [2.05, 4.69) is 5.32 Å². The Labute approximate surface area is 115 Å². The summed E-state index contributed by atoms with van der Waals surface area (Å²) in [6, 6.07) is 8.24. The smallest absolute Gasteiger partial charge is 0.293 e. The van der Waals surface area contributed by atoms with Crippen LogP contribution in [0.5, 0.6) is 5.75 Å². The van der Waals surface area contributed by atoms with Gasteiger partial charge in [-0.2, -0.15) is 0 Å². The van der Waals surface area contributed by atoms with Gasteiger partial charge in [0, 0.05) is 24.2 Å². The maximum absolute atomic E-state index is 11.6. The highest BCUT2D eigenvalue weighted by atomic mass is 16.5. The van der Waals surface area contributed by atoms with E-state index < -0.39 is 11.8 Å². The van der Waals surface area contributed by atoms with Gasteiger partial charge in [-0.3, -0.25) is 14.9 Å². The third-order valence-corrected chi connectivity index (χ3v) is 2.64. The van der Waals surface area contributed by atoms with E-state index in [0.717, 1.165) is 0 Å². The van der Waals surface area contributed by atoms with Crippen molar-refractivity contribution in [3.8, 4) is 17.1 Å². The van der Waals surface area contributed by atoms with Crippen LogP contribution in [-0.2, 0) is 4.79 Å². The van der Waals surface area contributed by atoms with Crippen molar-refractivity contribution in [3.63, 3.8) is 0 Å². The summed E-state index contributed by atoms with van der Waals surface area (Å²) in [6.07, 6.45) is 0. The van der Waals surface area contributed by atoms with Gasteiger partial charge in [0.1, 0.15) is 11.5 Å². The minimum absolute atomic E-state index is 0.0467. The summed E-state index contributed by atoms with van der Waals surface area (Å²) < 4.78 is 10.5. The highest BCUT2D eigenvalue weighted by molar-refractivity contribution is 6.02. The normalized spacial score (nSPS) is 10.1. The molecular weight excluding hydrogens is 260 g/mol. The number of nitrogens with two attached hydrogens (primary N) is 1. The molecule has 3 N–H and O–H groups in total. The molecule has 1 heterocycles. The third kappa shape index (κ3) is 2.80. The van der Waals surface area contributed by atoms with E-state index in [9.17, 15) is 9.59 Å². The van der Waals surface area contributed by atoms with Crippen LogP contribution in [0.1, 0.15) is 17.5 Å². The van der Waals surface area contributed by atoms with E-state index in [0.29, 0.717) is 22.8 Å². The van der Waals surface area contributed by atoms with Crippen LogP contribution in [0.3, 0.4) is 0 Å². The number of nitrogens with one attached hydrogen (secondary N) is 1. The molecule has 0 atom stereocenters. The Morgan fingerprint density at radius 1 is 1.25 bits per heavy atom. The lowest BCUT2D eigenvalue weighted by Crippen LogP contribution is -2.27. The Balaban J connectivity index is 2.29. The summed E-state index contributed by atoms with van der Waals surface area (Å²) in [4.78, 5) is 22.4. The molecule has 2 rings (SSSR count). The lowest BCUT2D eigenvalue weighted by molar-refractivity contribution is -0.118. The predicted octanol–water partition coefficient (Wildman–Crippen LogP) is 1.81. The quantitative estimate of drug-likeness (QED) is 0.832. The second-order valence-electron chi connectivity index (χ2n) is 4.13. The van der Waals surface area contributed by atoms with Crippen molar-refractivity contribution < 1.29 is 18.7 Å². The maximum Gasteiger partial charge on any atom is 0.293 e. The van der Waals surface area contributed by atoms with Gasteiger partial charge in [-0.05, 0) is 24.3 Å². The number of amides is 2. The Bertz CT molecular complexity index is 661. The molecule has 104 valence electrons. The monoisotopic (exact) mass is 274 g/mol. The van der Waals surface area contributed by atoms with Crippen LogP contribution in [0.4, 0.5) is 5.69 Å². The standard InChI is InChI=1S/C14H14N2O4/c1-8(17)16-14(18)13-6-5-12(20-13)10-4-3-9(19-2)7-11(10)15/h3-7H,15H2,1-2H3,(H,16,17,18). The number of anilines is 1. The highest BCUT2D eigenvalue weighted by Gasteiger charge is 2.14. The molecule has 0 fully saturated rings. The number of carbonyl (C=O) groups excluding carboxylic acids is 2. The Morgan fingerprint density at radius 2 is 2.00 bits per heavy atom. The fourth-order valence-electron chi connectivity index (χ4n) is 1.72. The van der Waals surface area contributed by atoms with Crippen molar-refractivity contribution in [2.75, 3.05) is 12.8 Å². The van der Waals surface area contributed by atoms with Gasteiger partial charge in [-0.15, -0.1) is 0 Å². The molecule has 0 aliphatic carbocycles. The fourth-order valence-corrected chi connectivity index (χ4v) is 1.72. The Hall–Kier alpha value is -2.76. The molecule has 20 heavy (non-hydrogen) atoms. The summed E-state index contributed by atoms with van der Waals surface area (Å²) in [7, 11) is 1.55. The topological polar surface area (TPSA) is 94.6 Å². The summed E-state index contributed by atoms with van der Waals surface area (Å²) >= 11 is 0. The number of hydrogen-bond donors (Lipinski definition) is 2. The molecule has 6 heteroatoms. The number of imide groups is 1. The average Bonchev–Trinajstić information content (AvgIpc) is 2.87. The number of ether oxygens (including phenoxy) is 1. The average molecular weight is 274 g/mol. The zero-order chi connectivity index (χ0) is 14.7. The Kier molecular flexibility index (Phi) is 3.74. The van der Waals surface area contributed by atoms with E-state index in [-0.39, 0.29) is 5.76 Å². The van der Waals surface area contributed by atoms with Crippen molar-refractivity contribution in [3.05, 3.63) is 36.1 Å². The van der Waals surface area contributed by atoms with Gasteiger partial charge in [0.05, 0.1) is 7.11 Å². The molecular formula is C14H14N2O4. The van der Waals surface area contributed by atoms with Gasteiger partial charge in [0.2, 0.25) is 5.91 Å². The molecule has 0 saturated carbocycles. The molecule has 0 spiro atoms. The first-order valence-corrected chi connectivity index (χ1v) is 5.87. The molecule has 0 radical (unpaired) electrons. The van der Waals surface area contributed by atoms with Crippen molar-refractivity contribution in [1.29, 1.82) is 0 Å². The van der Waals surface area contributed by atoms with E-state index in [1.54, 1.807) is 31.4 Å². The second kappa shape index (κ2) is 5.48. The van der Waals surface area contributed by atoms with Gasteiger partial charge in [-0.1, -0.05) is 0 Å². The highest BCUT2D eigenvalue weighted by Crippen LogP contribution is 2.30. The van der Waals surface area contributed by atoms with E-state index >= 15 is 0 Å². The van der Waals surface area contributed by atoms with E-state index in [1.807, 2.05) is 0 Å². The molecule has 1 aromatic heterocycles. The van der Waals surface area contributed by atoms with Crippen molar-refractivity contribution in [2.45, 2.75) is 6.92 Å². The minimum atomic E-state index is -0.587. The van der Waals surface area contributed by atoms with Gasteiger partial charge in [0.25, 0.3) is 5.91 Å². The van der Waals surface area contributed by atoms with E-state index in [1.165, 1.54) is 13.0 Å². The summed E-state index contributed by atoms with van der Waals surface area (Å²) in [5, 5.41) is 2.13. The van der Waals surface area contributed by atoms with Crippen LogP contribution >= 0.6 is 0 Å². The zero-order valence-electron chi connectivity index (χ0n) is 11.1. The Morgan fingerprint density at radius 3 is 2.60 bits per heavy atom. The fraction of sp³-hybridized carbons (Fsp3) is 0.143. The number of carbonyl (C=O) groups is 2. The molecule has 0 saturated heterocycles. The summed E-state index contributed by atoms with van der Waals surface area (Å²) in [5.74, 6) is 0.0874. The zero-order valence-corrected chi connectivity index (χ0v) is 11.1. The van der Waals surface area contributed by atoms with Crippen LogP contribution in [0, 0.1) is 0 Å². The molecule has 0 aliphatic heterocycles. The van der Waals surface area contributed by atoms with Crippen molar-refractivity contribution in [1.82, 2.24) is 5.32 Å². The first kappa shape index (κ1) is 13.7. The minimum Gasteiger partial charge on any atom is -0.497 e. The van der Waals surface area contributed by atoms with E-state index in [4.69, 9.17) is 14.9 Å². The third-order valence-electron chi connectivity index (χ3n) is 2.64.